The third-order valence-electron chi connectivity index (χ3n) is 5.86. The zero-order valence-electron chi connectivity index (χ0n) is 21.4. The van der Waals surface area contributed by atoms with Crippen molar-refractivity contribution < 1.29 is 32.3 Å². The Bertz CT molecular complexity index is 978. The Labute approximate surface area is 212 Å². The minimum Gasteiger partial charge on any atom is -0.464 e. The fourth-order valence-corrected chi connectivity index (χ4v) is 4.15. The second kappa shape index (κ2) is 15.8. The number of nitrogens with two attached hydrogens (primary N) is 1. The molecular formula is C23H38FN5O6P+. The summed E-state index contributed by atoms with van der Waals surface area (Å²) in [6.45, 7) is 4.11. The smallest absolute Gasteiger partial charge is 0.464 e. The topological polar surface area (TPSA) is 141 Å². The summed E-state index contributed by atoms with van der Waals surface area (Å²) in [5, 5.41) is 0. The molecule has 2 rings (SSSR count). The van der Waals surface area contributed by atoms with Crippen molar-refractivity contribution in [3.63, 3.8) is 0 Å². The highest BCUT2D eigenvalue weighted by Gasteiger charge is 2.32. The van der Waals surface area contributed by atoms with Crippen LogP contribution in [0.2, 0.25) is 0 Å². The first-order chi connectivity index (χ1) is 17.3. The number of hydrogen-bond acceptors (Lipinski definition) is 10. The number of imidazole rings is 1. The summed E-state index contributed by atoms with van der Waals surface area (Å²) >= 11 is 0. The first kappa shape index (κ1) is 30.0. The van der Waals surface area contributed by atoms with Crippen molar-refractivity contribution >= 4 is 31.2 Å². The molecule has 0 radical (unpaired) electrons. The number of halogens is 1. The lowest BCUT2D eigenvalue weighted by molar-refractivity contribution is -0.146. The maximum atomic E-state index is 13.5. The lowest BCUT2D eigenvalue weighted by atomic mass is 10.0. The molecule has 0 fully saturated rings. The number of esters is 1. The number of hydrogen-bond donors (Lipinski definition) is 1. The third-order valence-corrected chi connectivity index (χ3v) is 6.54. The molecule has 0 bridgehead atoms. The van der Waals surface area contributed by atoms with Crippen LogP contribution in [0.5, 0.6) is 0 Å². The van der Waals surface area contributed by atoms with Crippen molar-refractivity contribution in [1.29, 1.82) is 0 Å². The van der Waals surface area contributed by atoms with Gasteiger partial charge in [-0.05, 0) is 19.8 Å². The number of carbonyl (C=O) groups is 1. The van der Waals surface area contributed by atoms with Crippen LogP contribution in [0, 0.1) is 6.08 Å². The minimum absolute atomic E-state index is 0.0421. The normalized spacial score (nSPS) is 13.6. The van der Waals surface area contributed by atoms with Crippen LogP contribution >= 0.6 is 8.25 Å². The lowest BCUT2D eigenvalue weighted by Crippen LogP contribution is -2.34. The van der Waals surface area contributed by atoms with Crippen LogP contribution in [0.15, 0.2) is 6.33 Å². The Morgan fingerprint density at radius 2 is 1.83 bits per heavy atom. The molecule has 2 aromatic heterocycles. The molecule has 2 aromatic rings. The minimum atomic E-state index is -2.54. The van der Waals surface area contributed by atoms with Crippen molar-refractivity contribution in [2.45, 2.75) is 83.8 Å². The molecule has 13 heteroatoms. The molecule has 0 aliphatic heterocycles. The van der Waals surface area contributed by atoms with Gasteiger partial charge in [0.15, 0.2) is 11.5 Å². The number of ether oxygens (including phenoxy) is 2. The SMILES string of the molecule is CCCCCCCCCCOC(=O)CO[P+](=O)OC[C@](C)(CCn1cnc2c(N)nc(F)nc21)OC. The molecule has 0 aliphatic rings. The van der Waals surface area contributed by atoms with E-state index >= 15 is 0 Å². The molecule has 1 unspecified atom stereocenters. The van der Waals surface area contributed by atoms with Crippen molar-refractivity contribution in [2.24, 2.45) is 0 Å². The Balaban J connectivity index is 1.64. The van der Waals surface area contributed by atoms with E-state index in [0.717, 1.165) is 19.3 Å². The van der Waals surface area contributed by atoms with E-state index in [1.807, 2.05) is 0 Å². The van der Waals surface area contributed by atoms with Gasteiger partial charge in [-0.15, -0.1) is 9.05 Å². The number of methoxy groups -OCH3 is 1. The van der Waals surface area contributed by atoms with Crippen LogP contribution in [0.4, 0.5) is 10.2 Å². The van der Waals surface area contributed by atoms with Crippen LogP contribution in [-0.2, 0) is 34.4 Å². The number of aromatic nitrogens is 4. The van der Waals surface area contributed by atoms with E-state index in [-0.39, 0.29) is 18.1 Å². The maximum absolute atomic E-state index is 13.5. The summed E-state index contributed by atoms with van der Waals surface area (Å²) in [5.74, 6) is -0.626. The highest BCUT2D eigenvalue weighted by molar-refractivity contribution is 7.33. The van der Waals surface area contributed by atoms with Crippen molar-refractivity contribution in [3.8, 4) is 0 Å². The zero-order valence-corrected chi connectivity index (χ0v) is 22.3. The van der Waals surface area contributed by atoms with Crippen molar-refractivity contribution in [3.05, 3.63) is 12.4 Å². The van der Waals surface area contributed by atoms with Gasteiger partial charge in [0.25, 0.3) is 0 Å². The molecule has 202 valence electrons. The number of nitrogen functional groups attached to an aromatic ring is 1. The van der Waals surface area contributed by atoms with Gasteiger partial charge in [0.2, 0.25) is 6.61 Å². The van der Waals surface area contributed by atoms with Crippen LogP contribution in [-0.4, -0.2) is 58.0 Å². The molecule has 2 atom stereocenters. The van der Waals surface area contributed by atoms with E-state index < -0.39 is 32.5 Å². The summed E-state index contributed by atoms with van der Waals surface area (Å²) in [6.07, 6.45) is 10.1. The van der Waals surface area contributed by atoms with Crippen molar-refractivity contribution in [1.82, 2.24) is 19.5 Å². The Hall–Kier alpha value is -2.27. The average Bonchev–Trinajstić information content (AvgIpc) is 3.27. The number of rotatable bonds is 19. The van der Waals surface area contributed by atoms with Crippen LogP contribution in [0.25, 0.3) is 11.2 Å². The first-order valence-electron chi connectivity index (χ1n) is 12.4. The first-order valence-corrected chi connectivity index (χ1v) is 13.4. The Kier molecular flexibility index (Phi) is 13.1. The number of carbonyl (C=O) groups excluding carboxylic acids is 1. The van der Waals surface area contributed by atoms with Gasteiger partial charge >= 0.3 is 20.3 Å². The molecule has 11 nitrogen and oxygen atoms in total. The number of nitrogens with zero attached hydrogens (tertiary/aromatic N) is 4. The lowest BCUT2D eigenvalue weighted by Gasteiger charge is -2.25. The van der Waals surface area contributed by atoms with E-state index in [9.17, 15) is 13.8 Å². The quantitative estimate of drug-likeness (QED) is 0.117. The Morgan fingerprint density at radius 3 is 2.53 bits per heavy atom. The number of fused-ring (bicyclic) bond motifs is 1. The van der Waals surface area contributed by atoms with E-state index in [1.165, 1.54) is 45.5 Å². The fraction of sp³-hybridized carbons (Fsp3) is 0.739. The van der Waals surface area contributed by atoms with Gasteiger partial charge in [-0.25, -0.2) is 9.78 Å². The predicted octanol–water partition coefficient (Wildman–Crippen LogP) is 4.72. The Morgan fingerprint density at radius 1 is 1.14 bits per heavy atom. The predicted molar refractivity (Wildman–Crippen MR) is 133 cm³/mol. The highest BCUT2D eigenvalue weighted by atomic mass is 31.1. The molecule has 36 heavy (non-hydrogen) atoms. The zero-order chi connectivity index (χ0) is 26.4. The molecule has 0 aromatic carbocycles. The molecule has 0 saturated heterocycles. The van der Waals surface area contributed by atoms with Gasteiger partial charge in [0, 0.05) is 18.2 Å². The summed E-state index contributed by atoms with van der Waals surface area (Å²) in [4.78, 5) is 23.1. The second-order valence-electron chi connectivity index (χ2n) is 8.86. The van der Waals surface area contributed by atoms with Gasteiger partial charge in [-0.3, -0.25) is 0 Å². The molecule has 0 aliphatic carbocycles. The van der Waals surface area contributed by atoms with Gasteiger partial charge in [-0.2, -0.15) is 14.4 Å². The van der Waals surface area contributed by atoms with E-state index in [4.69, 9.17) is 24.3 Å². The van der Waals surface area contributed by atoms with E-state index in [2.05, 4.69) is 21.9 Å². The van der Waals surface area contributed by atoms with E-state index in [0.29, 0.717) is 25.1 Å². The average molecular weight is 531 g/mol. The fourth-order valence-electron chi connectivity index (χ4n) is 3.49. The van der Waals surface area contributed by atoms with Crippen LogP contribution in [0.3, 0.4) is 0 Å². The van der Waals surface area contributed by atoms with Gasteiger partial charge in [-0.1, -0.05) is 51.9 Å². The molecule has 0 saturated carbocycles. The van der Waals surface area contributed by atoms with Crippen LogP contribution in [0.1, 0.15) is 71.6 Å². The largest absolute Gasteiger partial charge is 0.698 e. The molecule has 0 spiro atoms. The van der Waals surface area contributed by atoms with Gasteiger partial charge in [0.1, 0.15) is 12.1 Å². The third kappa shape index (κ3) is 10.4. The summed E-state index contributed by atoms with van der Waals surface area (Å²) in [7, 11) is -1.05. The van der Waals surface area contributed by atoms with Crippen molar-refractivity contribution in [2.75, 3.05) is 32.7 Å². The maximum Gasteiger partial charge on any atom is 0.698 e. The number of aryl methyl sites for hydroxylation is 1. The van der Waals surface area contributed by atoms with E-state index in [1.54, 1.807) is 11.5 Å². The van der Waals surface area contributed by atoms with Crippen LogP contribution < -0.4 is 5.73 Å². The number of unbranched alkanes of at least 4 members (excludes halogenated alkanes) is 7. The van der Waals surface area contributed by atoms with Gasteiger partial charge in [0.05, 0.1) is 18.5 Å². The summed E-state index contributed by atoms with van der Waals surface area (Å²) in [6, 6.07) is 0. The number of anilines is 1. The van der Waals surface area contributed by atoms with Gasteiger partial charge < -0.3 is 19.8 Å². The molecular weight excluding hydrogens is 492 g/mol. The summed E-state index contributed by atoms with van der Waals surface area (Å²) < 4.78 is 48.1. The molecule has 2 heterocycles. The second-order valence-corrected chi connectivity index (χ2v) is 9.82. The highest BCUT2D eigenvalue weighted by Crippen LogP contribution is 2.28. The standard InChI is InChI=1S/C23H38FN5O6P/c1-4-5-6-7-8-9-10-11-14-33-18(30)15-34-36(31)35-16-23(2,32-3)12-13-29-17-26-19-20(25)27-22(24)28-21(19)29/h17H,4-16H2,1-3H3,(H2,25,27,28)/q+1/t23-/m0/s1. The monoisotopic (exact) mass is 530 g/mol. The molecule has 0 amide bonds. The molecule has 2 N–H and O–H groups in total. The summed E-state index contributed by atoms with van der Waals surface area (Å²) in [5.41, 5.74) is 5.40.